The van der Waals surface area contributed by atoms with Gasteiger partial charge < -0.3 is 0 Å². The molecular weight excluding hydrogens is 170 g/mol. The minimum Gasteiger partial charge on any atom is -0.210 e. The molecule has 0 bridgehead atoms. The maximum Gasteiger partial charge on any atom is 0.241 e. The van der Waals surface area contributed by atoms with E-state index in [2.05, 4.69) is 20.8 Å². The molecule has 0 aromatic carbocycles. The molecule has 2 heteroatoms. The van der Waals surface area contributed by atoms with E-state index in [9.17, 15) is 8.78 Å². The lowest BCUT2D eigenvalue weighted by molar-refractivity contribution is 0.0308. The van der Waals surface area contributed by atoms with E-state index in [1.807, 2.05) is 0 Å². The number of alkyl halides is 2. The number of hydrogen-bond donors (Lipinski definition) is 0. The summed E-state index contributed by atoms with van der Waals surface area (Å²) in [5.74, 6) is 0.320. The van der Waals surface area contributed by atoms with Crippen LogP contribution in [-0.2, 0) is 0 Å². The molecule has 0 unspecified atom stereocenters. The van der Waals surface area contributed by atoms with Crippen LogP contribution in [0.15, 0.2) is 0 Å². The van der Waals surface area contributed by atoms with E-state index in [0.29, 0.717) is 11.3 Å². The fourth-order valence-electron chi connectivity index (χ4n) is 2.24. The average Bonchev–Trinajstić information content (AvgIpc) is 2.03. The lowest BCUT2D eigenvalue weighted by atomic mass is 9.70. The number of hydrogen-bond acceptors (Lipinski definition) is 0. The van der Waals surface area contributed by atoms with Crippen molar-refractivity contribution in [2.45, 2.75) is 52.9 Å². The molecule has 0 spiro atoms. The Balaban J connectivity index is 2.39. The van der Waals surface area contributed by atoms with Crippen LogP contribution in [0.3, 0.4) is 0 Å². The SMILES string of the molecule is CC(C)(C)C1CCC(C(F)F)CC1. The molecule has 1 fully saturated rings. The third-order valence-electron chi connectivity index (χ3n) is 3.35. The molecule has 0 aliphatic heterocycles. The van der Waals surface area contributed by atoms with Gasteiger partial charge in [-0.15, -0.1) is 0 Å². The molecule has 13 heavy (non-hydrogen) atoms. The van der Waals surface area contributed by atoms with Crippen LogP contribution in [0.4, 0.5) is 8.78 Å². The van der Waals surface area contributed by atoms with Crippen LogP contribution in [0.2, 0.25) is 0 Å². The fraction of sp³-hybridized carbons (Fsp3) is 1.00. The van der Waals surface area contributed by atoms with Crippen LogP contribution in [0.25, 0.3) is 0 Å². The molecule has 0 radical (unpaired) electrons. The van der Waals surface area contributed by atoms with Crippen LogP contribution in [0, 0.1) is 17.3 Å². The summed E-state index contributed by atoms with van der Waals surface area (Å²) in [7, 11) is 0. The van der Waals surface area contributed by atoms with E-state index < -0.39 is 6.43 Å². The maximum atomic E-state index is 12.3. The van der Waals surface area contributed by atoms with Gasteiger partial charge in [-0.1, -0.05) is 20.8 Å². The first kappa shape index (κ1) is 10.9. The third kappa shape index (κ3) is 2.92. The Morgan fingerprint density at radius 3 is 1.77 bits per heavy atom. The zero-order valence-corrected chi connectivity index (χ0v) is 8.82. The molecule has 1 saturated carbocycles. The molecule has 0 amide bonds. The van der Waals surface area contributed by atoms with E-state index in [4.69, 9.17) is 0 Å². The van der Waals surface area contributed by atoms with Crippen LogP contribution >= 0.6 is 0 Å². The van der Waals surface area contributed by atoms with Gasteiger partial charge in [0.05, 0.1) is 0 Å². The van der Waals surface area contributed by atoms with Gasteiger partial charge in [0.1, 0.15) is 0 Å². The molecule has 0 aromatic rings. The van der Waals surface area contributed by atoms with Crippen molar-refractivity contribution in [3.05, 3.63) is 0 Å². The predicted octanol–water partition coefficient (Wildman–Crippen LogP) is 4.10. The highest BCUT2D eigenvalue weighted by atomic mass is 19.3. The van der Waals surface area contributed by atoms with E-state index in [0.717, 1.165) is 25.7 Å². The third-order valence-corrected chi connectivity index (χ3v) is 3.35. The van der Waals surface area contributed by atoms with Gasteiger partial charge in [-0.25, -0.2) is 8.78 Å². The number of rotatable bonds is 1. The summed E-state index contributed by atoms with van der Waals surface area (Å²) in [6.45, 7) is 6.63. The summed E-state index contributed by atoms with van der Waals surface area (Å²) in [6, 6.07) is 0. The molecule has 1 aliphatic carbocycles. The summed E-state index contributed by atoms with van der Waals surface area (Å²) in [5.41, 5.74) is 0.299. The summed E-state index contributed by atoms with van der Waals surface area (Å²) in [5, 5.41) is 0. The fourth-order valence-corrected chi connectivity index (χ4v) is 2.24. The molecule has 78 valence electrons. The van der Waals surface area contributed by atoms with Gasteiger partial charge in [0.25, 0.3) is 0 Å². The molecule has 0 aromatic heterocycles. The van der Waals surface area contributed by atoms with Gasteiger partial charge in [-0.2, -0.15) is 0 Å². The lowest BCUT2D eigenvalue weighted by Crippen LogP contribution is -2.28. The minimum atomic E-state index is -2.10. The molecule has 1 rings (SSSR count). The second-order valence-electron chi connectivity index (χ2n) is 5.31. The van der Waals surface area contributed by atoms with Gasteiger partial charge in [0, 0.05) is 5.92 Å². The smallest absolute Gasteiger partial charge is 0.210 e. The number of halogens is 2. The Labute approximate surface area is 79.7 Å². The van der Waals surface area contributed by atoms with Crippen LogP contribution < -0.4 is 0 Å². The van der Waals surface area contributed by atoms with Gasteiger partial charge in [0.15, 0.2) is 0 Å². The minimum absolute atomic E-state index is 0.299. The largest absolute Gasteiger partial charge is 0.241 e. The van der Waals surface area contributed by atoms with Crippen molar-refractivity contribution in [3.63, 3.8) is 0 Å². The van der Waals surface area contributed by atoms with E-state index >= 15 is 0 Å². The Hall–Kier alpha value is -0.140. The molecule has 0 nitrogen and oxygen atoms in total. The van der Waals surface area contributed by atoms with Crippen molar-refractivity contribution in [3.8, 4) is 0 Å². The molecular formula is C11H20F2. The van der Waals surface area contributed by atoms with E-state index in [1.54, 1.807) is 0 Å². The standard InChI is InChI=1S/C11H20F2/c1-11(2,3)9-6-4-8(5-7-9)10(12)13/h8-10H,4-7H2,1-3H3. The summed E-state index contributed by atoms with van der Waals surface area (Å²) >= 11 is 0. The maximum absolute atomic E-state index is 12.3. The molecule has 0 atom stereocenters. The van der Waals surface area contributed by atoms with Crippen LogP contribution in [0.1, 0.15) is 46.5 Å². The highest BCUT2D eigenvalue weighted by Crippen LogP contribution is 2.41. The van der Waals surface area contributed by atoms with Gasteiger partial charge in [-0.3, -0.25) is 0 Å². The second kappa shape index (κ2) is 3.93. The van der Waals surface area contributed by atoms with Crippen LogP contribution in [-0.4, -0.2) is 6.43 Å². The normalized spacial score (nSPS) is 30.9. The monoisotopic (exact) mass is 190 g/mol. The van der Waals surface area contributed by atoms with Gasteiger partial charge in [0.2, 0.25) is 6.43 Å². The van der Waals surface area contributed by atoms with E-state index in [1.165, 1.54) is 0 Å². The van der Waals surface area contributed by atoms with Crippen LogP contribution in [0.5, 0.6) is 0 Å². The second-order valence-corrected chi connectivity index (χ2v) is 5.31. The first-order chi connectivity index (χ1) is 5.91. The van der Waals surface area contributed by atoms with E-state index in [-0.39, 0.29) is 5.92 Å². The van der Waals surface area contributed by atoms with Crippen molar-refractivity contribution in [1.29, 1.82) is 0 Å². The van der Waals surface area contributed by atoms with Gasteiger partial charge >= 0.3 is 0 Å². The summed E-state index contributed by atoms with van der Waals surface area (Å²) in [6.07, 6.45) is 1.32. The zero-order valence-electron chi connectivity index (χ0n) is 8.82. The quantitative estimate of drug-likeness (QED) is 0.584. The van der Waals surface area contributed by atoms with Crippen molar-refractivity contribution < 1.29 is 8.78 Å². The molecule has 0 N–H and O–H groups in total. The molecule has 0 saturated heterocycles. The Morgan fingerprint density at radius 1 is 1.00 bits per heavy atom. The first-order valence-corrected chi connectivity index (χ1v) is 5.19. The molecule has 0 heterocycles. The highest BCUT2D eigenvalue weighted by molar-refractivity contribution is 4.81. The van der Waals surface area contributed by atoms with Crippen molar-refractivity contribution in [2.75, 3.05) is 0 Å². The topological polar surface area (TPSA) is 0 Å². The average molecular weight is 190 g/mol. The van der Waals surface area contributed by atoms with Crippen molar-refractivity contribution in [2.24, 2.45) is 17.3 Å². The Kier molecular flexibility index (Phi) is 3.31. The summed E-state index contributed by atoms with van der Waals surface area (Å²) in [4.78, 5) is 0. The Bertz CT molecular complexity index is 150. The molecule has 1 aliphatic rings. The Morgan fingerprint density at radius 2 is 1.46 bits per heavy atom. The van der Waals surface area contributed by atoms with Crippen molar-refractivity contribution in [1.82, 2.24) is 0 Å². The highest BCUT2D eigenvalue weighted by Gasteiger charge is 2.32. The first-order valence-electron chi connectivity index (χ1n) is 5.19. The van der Waals surface area contributed by atoms with Crippen molar-refractivity contribution >= 4 is 0 Å². The van der Waals surface area contributed by atoms with Gasteiger partial charge in [-0.05, 0) is 37.0 Å². The summed E-state index contributed by atoms with van der Waals surface area (Å²) < 4.78 is 24.7. The lowest BCUT2D eigenvalue weighted by Gasteiger charge is -2.36. The predicted molar refractivity (Wildman–Crippen MR) is 50.9 cm³/mol. The zero-order chi connectivity index (χ0) is 10.1.